The number of rotatable bonds is 1. The van der Waals surface area contributed by atoms with Gasteiger partial charge in [0.1, 0.15) is 0 Å². The van der Waals surface area contributed by atoms with Crippen molar-refractivity contribution >= 4 is 5.97 Å². The molecule has 0 aliphatic rings. The van der Waals surface area contributed by atoms with Crippen LogP contribution in [-0.4, -0.2) is 11.1 Å². The number of carboxylic acid groups (broad SMARTS) is 1. The molecule has 6 heavy (non-hydrogen) atoms. The van der Waals surface area contributed by atoms with Gasteiger partial charge in [-0.1, -0.05) is 0 Å². The van der Waals surface area contributed by atoms with Gasteiger partial charge in [0.25, 0.3) is 0 Å². The van der Waals surface area contributed by atoms with Crippen molar-refractivity contribution in [2.45, 2.75) is 0 Å². The molecule has 0 unspecified atom stereocenters. The van der Waals surface area contributed by atoms with E-state index in [-0.39, 0.29) is 32.7 Å². The van der Waals surface area contributed by atoms with E-state index in [2.05, 4.69) is 5.73 Å². The molecule has 0 spiro atoms. The normalized spacial score (nSPS) is 5.50. The maximum atomic E-state index is 9.19. The van der Waals surface area contributed by atoms with Gasteiger partial charge in [0.05, 0.1) is 0 Å². The molecule has 0 atom stereocenters. The van der Waals surface area contributed by atoms with E-state index in [0.717, 1.165) is 0 Å². The Morgan fingerprint density at radius 3 is 2.00 bits per heavy atom. The molecule has 3 N–H and O–H groups in total. The van der Waals surface area contributed by atoms with Gasteiger partial charge in [-0.25, -0.2) is 6.54 Å². The van der Waals surface area contributed by atoms with E-state index in [0.29, 0.717) is 6.54 Å². The fourth-order valence-corrected chi connectivity index (χ4v) is 0. The second-order valence-corrected chi connectivity index (χ2v) is 0.505. The Balaban J connectivity index is 0. The minimum Gasteiger partial charge on any atom is -0.502 e. The maximum Gasteiger partial charge on any atom is 0.176 e. The number of hydrogen-bond acceptors (Lipinski definition) is 2. The molecule has 0 aromatic carbocycles. The molecule has 33 valence electrons. The average Bonchev–Trinajstić information content (AvgIpc) is 1.38. The van der Waals surface area contributed by atoms with E-state index in [9.17, 15) is 4.79 Å². The van der Waals surface area contributed by atoms with Crippen molar-refractivity contribution in [3.8, 4) is 0 Å². The number of carbonyl (C=O) groups is 1. The predicted molar refractivity (Wildman–Crippen MR) is 16.1 cm³/mol. The first kappa shape index (κ1) is 9.64. The Morgan fingerprint density at radius 2 is 2.00 bits per heavy atom. The minimum atomic E-state index is -1.09. The second kappa shape index (κ2) is 5.40. The van der Waals surface area contributed by atoms with Crippen molar-refractivity contribution < 1.29 is 42.6 Å². The van der Waals surface area contributed by atoms with E-state index < -0.39 is 5.97 Å². The Bertz CT molecular complexity index is 46.8. The molecule has 0 saturated carbocycles. The zero-order valence-electron chi connectivity index (χ0n) is 3.09. The molecule has 0 aromatic heterocycles. The van der Waals surface area contributed by atoms with Crippen LogP contribution in [0.2, 0.25) is 0 Å². The molecule has 0 rings (SSSR count). The van der Waals surface area contributed by atoms with Gasteiger partial charge >= 0.3 is 0 Å². The quantitative estimate of drug-likeness (QED) is 0.497. The molecule has 0 amide bonds. The molecule has 0 aliphatic carbocycles. The van der Waals surface area contributed by atoms with Crippen molar-refractivity contribution in [3.63, 3.8) is 0 Å². The molecule has 3 nitrogen and oxygen atoms in total. The Morgan fingerprint density at radius 1 is 1.83 bits per heavy atom. The van der Waals surface area contributed by atoms with Crippen LogP contribution in [0.4, 0.5) is 0 Å². The smallest absolute Gasteiger partial charge is 0.176 e. The van der Waals surface area contributed by atoms with Crippen LogP contribution in [0, 0.1) is 6.54 Å². The summed E-state index contributed by atoms with van der Waals surface area (Å²) in [5.41, 5.74) is 4.45. The summed E-state index contributed by atoms with van der Waals surface area (Å²) < 4.78 is 0. The summed E-state index contributed by atoms with van der Waals surface area (Å²) in [5.74, 6) is -1.09. The molecule has 0 aromatic rings. The molecular formula is C2H4NO2Y-. The fraction of sp³-hybridized carbons (Fsp3) is 0. The summed E-state index contributed by atoms with van der Waals surface area (Å²) in [6, 6.07) is 0. The standard InChI is InChI=1S/C2H4NO2.Y/c3-1-2(4)5;/h1H,3H2,(H,4,5);/q-1;. The topological polar surface area (TPSA) is 63.3 Å². The molecule has 0 bridgehead atoms. The SMILES string of the molecule is N[CH-]C(=O)O.[Y]. The monoisotopic (exact) mass is 163 g/mol. The molecular weight excluding hydrogens is 159 g/mol. The minimum absolute atomic E-state index is 0. The van der Waals surface area contributed by atoms with Crippen LogP contribution in [0.25, 0.3) is 0 Å². The van der Waals surface area contributed by atoms with Crippen LogP contribution < -0.4 is 5.73 Å². The summed E-state index contributed by atoms with van der Waals surface area (Å²) in [6.07, 6.45) is 0. The first-order valence-electron chi connectivity index (χ1n) is 1.05. The third-order valence-corrected chi connectivity index (χ3v) is 0.143. The van der Waals surface area contributed by atoms with E-state index in [1.54, 1.807) is 0 Å². The summed E-state index contributed by atoms with van der Waals surface area (Å²) in [4.78, 5) is 9.19. The van der Waals surface area contributed by atoms with Crippen LogP contribution in [0.5, 0.6) is 0 Å². The van der Waals surface area contributed by atoms with Crippen molar-refractivity contribution in [3.05, 3.63) is 6.54 Å². The van der Waals surface area contributed by atoms with Crippen molar-refractivity contribution in [2.75, 3.05) is 0 Å². The first-order chi connectivity index (χ1) is 2.27. The van der Waals surface area contributed by atoms with Crippen LogP contribution >= 0.6 is 0 Å². The van der Waals surface area contributed by atoms with Gasteiger partial charge in [0.2, 0.25) is 0 Å². The van der Waals surface area contributed by atoms with Gasteiger partial charge < -0.3 is 10.8 Å². The van der Waals surface area contributed by atoms with E-state index in [4.69, 9.17) is 5.11 Å². The van der Waals surface area contributed by atoms with Crippen molar-refractivity contribution in [2.24, 2.45) is 5.73 Å². The Kier molecular flexibility index (Phi) is 8.68. The number of aliphatic carboxylic acids is 1. The van der Waals surface area contributed by atoms with E-state index in [1.165, 1.54) is 0 Å². The van der Waals surface area contributed by atoms with Gasteiger partial charge in [-0.05, 0) is 0 Å². The van der Waals surface area contributed by atoms with E-state index in [1.807, 2.05) is 0 Å². The first-order valence-corrected chi connectivity index (χ1v) is 1.05. The predicted octanol–water partition coefficient (Wildman–Crippen LogP) is -0.811. The van der Waals surface area contributed by atoms with Gasteiger partial charge in [-0.15, -0.1) is 0 Å². The van der Waals surface area contributed by atoms with Gasteiger partial charge in [0, 0.05) is 32.7 Å². The Labute approximate surface area is 60.8 Å². The van der Waals surface area contributed by atoms with Gasteiger partial charge in [0.15, 0.2) is 5.97 Å². The van der Waals surface area contributed by atoms with Crippen molar-refractivity contribution in [1.29, 1.82) is 0 Å². The zero-order valence-corrected chi connectivity index (χ0v) is 5.93. The third kappa shape index (κ3) is 8.83. The summed E-state index contributed by atoms with van der Waals surface area (Å²) in [5, 5.41) is 7.54. The van der Waals surface area contributed by atoms with Gasteiger partial charge in [-0.3, -0.25) is 4.79 Å². The molecule has 0 aliphatic heterocycles. The van der Waals surface area contributed by atoms with Crippen molar-refractivity contribution in [1.82, 2.24) is 0 Å². The second-order valence-electron chi connectivity index (χ2n) is 0.505. The largest absolute Gasteiger partial charge is 0.502 e. The molecule has 0 fully saturated rings. The number of hydrogen-bond donors (Lipinski definition) is 2. The van der Waals surface area contributed by atoms with Crippen LogP contribution in [-0.2, 0) is 37.5 Å². The number of carboxylic acids is 1. The van der Waals surface area contributed by atoms with Crippen LogP contribution in [0.15, 0.2) is 0 Å². The summed E-state index contributed by atoms with van der Waals surface area (Å²) >= 11 is 0. The van der Waals surface area contributed by atoms with Gasteiger partial charge in [-0.2, -0.15) is 0 Å². The summed E-state index contributed by atoms with van der Waals surface area (Å²) in [6.45, 7) is 0.583. The van der Waals surface area contributed by atoms with Crippen LogP contribution in [0.1, 0.15) is 0 Å². The van der Waals surface area contributed by atoms with E-state index >= 15 is 0 Å². The zero-order chi connectivity index (χ0) is 4.28. The fourth-order valence-electron chi connectivity index (χ4n) is 0. The molecule has 0 saturated heterocycles. The maximum absolute atomic E-state index is 9.19. The summed E-state index contributed by atoms with van der Waals surface area (Å²) in [7, 11) is 0. The van der Waals surface area contributed by atoms with Crippen LogP contribution in [0.3, 0.4) is 0 Å². The average molecular weight is 163 g/mol. The molecule has 4 heteroatoms. The third-order valence-electron chi connectivity index (χ3n) is 0.143. The molecule has 1 radical (unpaired) electrons. The molecule has 0 heterocycles. The number of nitrogens with two attached hydrogens (primary N) is 1. The Hall–Kier alpha value is 0.404.